The van der Waals surface area contributed by atoms with Crippen molar-refractivity contribution >= 4 is 5.91 Å². The highest BCUT2D eigenvalue weighted by atomic mass is 16.2. The molecule has 0 radical (unpaired) electrons. The third kappa shape index (κ3) is 3.05. The molecule has 3 rings (SSSR count). The third-order valence-electron chi connectivity index (χ3n) is 5.43. The zero-order valence-corrected chi connectivity index (χ0v) is 13.7. The number of amides is 1. The van der Waals surface area contributed by atoms with Crippen molar-refractivity contribution in [1.82, 2.24) is 10.6 Å². The summed E-state index contributed by atoms with van der Waals surface area (Å²) in [7, 11) is 0. The molecule has 3 nitrogen and oxygen atoms in total. The molecule has 1 amide bonds. The predicted molar refractivity (Wildman–Crippen MR) is 90.0 cm³/mol. The normalized spacial score (nSPS) is 24.7. The fourth-order valence-electron chi connectivity index (χ4n) is 4.18. The van der Waals surface area contributed by atoms with E-state index in [1.54, 1.807) is 0 Å². The summed E-state index contributed by atoms with van der Waals surface area (Å²) in [4.78, 5) is 13.2. The molecule has 2 N–H and O–H groups in total. The van der Waals surface area contributed by atoms with E-state index >= 15 is 0 Å². The molecular weight excluding hydrogens is 272 g/mol. The molecule has 0 bridgehead atoms. The Kier molecular flexibility index (Phi) is 4.82. The van der Waals surface area contributed by atoms with Gasteiger partial charge in [0.15, 0.2) is 0 Å². The summed E-state index contributed by atoms with van der Waals surface area (Å²) in [5.74, 6) is 0.259. The van der Waals surface area contributed by atoms with Gasteiger partial charge in [0.05, 0.1) is 5.41 Å². The van der Waals surface area contributed by atoms with Crippen molar-refractivity contribution in [2.75, 3.05) is 13.1 Å². The molecule has 22 heavy (non-hydrogen) atoms. The van der Waals surface area contributed by atoms with Crippen LogP contribution in [0.5, 0.6) is 0 Å². The van der Waals surface area contributed by atoms with Crippen molar-refractivity contribution in [2.24, 2.45) is 0 Å². The Hall–Kier alpha value is -1.35. The summed E-state index contributed by atoms with van der Waals surface area (Å²) in [6.45, 7) is 4.13. The van der Waals surface area contributed by atoms with E-state index in [0.29, 0.717) is 6.04 Å². The van der Waals surface area contributed by atoms with Crippen LogP contribution in [0.1, 0.15) is 56.1 Å². The molecule has 1 aromatic carbocycles. The molecule has 1 aromatic rings. The molecule has 120 valence electrons. The largest absolute Gasteiger partial charge is 0.351 e. The molecule has 3 heteroatoms. The molecule has 2 fully saturated rings. The molecule has 1 saturated heterocycles. The van der Waals surface area contributed by atoms with E-state index in [0.717, 1.165) is 51.6 Å². The first-order valence-electron chi connectivity index (χ1n) is 8.80. The molecule has 0 spiro atoms. The summed E-state index contributed by atoms with van der Waals surface area (Å²) < 4.78 is 0. The van der Waals surface area contributed by atoms with Gasteiger partial charge >= 0.3 is 0 Å². The summed E-state index contributed by atoms with van der Waals surface area (Å²) in [6.07, 6.45) is 7.81. The topological polar surface area (TPSA) is 41.1 Å². The lowest BCUT2D eigenvalue weighted by molar-refractivity contribution is -0.129. The standard InChI is InChI=1S/C19H28N2O/c1-15-8-3-4-10-17(15)19(11-5-2-6-12-19)18(22)21-16-9-7-13-20-14-16/h3-4,8,10,16,20H,2,5-7,9,11-14H2,1H3,(H,21,22). The molecule has 1 heterocycles. The van der Waals surface area contributed by atoms with Crippen molar-refractivity contribution in [3.05, 3.63) is 35.4 Å². The summed E-state index contributed by atoms with van der Waals surface area (Å²) in [5, 5.41) is 6.75. The first-order valence-corrected chi connectivity index (χ1v) is 8.80. The van der Waals surface area contributed by atoms with E-state index in [9.17, 15) is 4.79 Å². The molecular formula is C19H28N2O. The van der Waals surface area contributed by atoms with E-state index in [1.807, 2.05) is 0 Å². The minimum Gasteiger partial charge on any atom is -0.351 e. The highest BCUT2D eigenvalue weighted by Gasteiger charge is 2.42. The van der Waals surface area contributed by atoms with Crippen LogP contribution in [0.4, 0.5) is 0 Å². The second-order valence-corrected chi connectivity index (χ2v) is 6.97. The van der Waals surface area contributed by atoms with Gasteiger partial charge in [0.1, 0.15) is 0 Å². The molecule has 0 aromatic heterocycles. The average Bonchev–Trinajstić information content (AvgIpc) is 2.57. The fraction of sp³-hybridized carbons (Fsp3) is 0.632. The number of carbonyl (C=O) groups excluding carboxylic acids is 1. The Morgan fingerprint density at radius 1 is 1.18 bits per heavy atom. The van der Waals surface area contributed by atoms with E-state index in [-0.39, 0.29) is 11.3 Å². The molecule has 1 aliphatic heterocycles. The van der Waals surface area contributed by atoms with Gasteiger partial charge < -0.3 is 10.6 Å². The molecule has 1 atom stereocenters. The first-order chi connectivity index (χ1) is 10.7. The van der Waals surface area contributed by atoms with Gasteiger partial charge in [0.2, 0.25) is 5.91 Å². The highest BCUT2D eigenvalue weighted by molar-refractivity contribution is 5.89. The Labute approximate surface area is 133 Å². The SMILES string of the molecule is Cc1ccccc1C1(C(=O)NC2CCCNC2)CCCCC1. The van der Waals surface area contributed by atoms with E-state index in [4.69, 9.17) is 0 Å². The van der Waals surface area contributed by atoms with Crippen LogP contribution in [0.25, 0.3) is 0 Å². The minimum absolute atomic E-state index is 0.259. The van der Waals surface area contributed by atoms with Crippen LogP contribution in [0, 0.1) is 6.92 Å². The van der Waals surface area contributed by atoms with Crippen molar-refractivity contribution in [3.63, 3.8) is 0 Å². The summed E-state index contributed by atoms with van der Waals surface area (Å²) in [6, 6.07) is 8.75. The van der Waals surface area contributed by atoms with Gasteiger partial charge in [-0.3, -0.25) is 4.79 Å². The number of aryl methyl sites for hydroxylation is 1. The number of carbonyl (C=O) groups is 1. The highest BCUT2D eigenvalue weighted by Crippen LogP contribution is 2.41. The van der Waals surface area contributed by atoms with Gasteiger partial charge in [-0.25, -0.2) is 0 Å². The number of rotatable bonds is 3. The molecule has 2 aliphatic rings. The Bertz CT molecular complexity index is 514. The second kappa shape index (κ2) is 6.82. The van der Waals surface area contributed by atoms with Gasteiger partial charge in [-0.1, -0.05) is 43.5 Å². The number of hydrogen-bond acceptors (Lipinski definition) is 2. The Balaban J connectivity index is 1.85. The van der Waals surface area contributed by atoms with Gasteiger partial charge in [-0.2, -0.15) is 0 Å². The average molecular weight is 300 g/mol. The third-order valence-corrected chi connectivity index (χ3v) is 5.43. The van der Waals surface area contributed by atoms with E-state index in [1.165, 1.54) is 17.5 Å². The van der Waals surface area contributed by atoms with Crippen LogP contribution in [0.3, 0.4) is 0 Å². The van der Waals surface area contributed by atoms with Crippen LogP contribution in [0.2, 0.25) is 0 Å². The molecule has 1 unspecified atom stereocenters. The number of nitrogens with one attached hydrogen (secondary N) is 2. The number of benzene rings is 1. The van der Waals surface area contributed by atoms with Crippen molar-refractivity contribution in [3.8, 4) is 0 Å². The summed E-state index contributed by atoms with van der Waals surface area (Å²) >= 11 is 0. The lowest BCUT2D eigenvalue weighted by atomic mass is 9.67. The molecule has 1 saturated carbocycles. The van der Waals surface area contributed by atoms with Crippen molar-refractivity contribution in [2.45, 2.75) is 63.3 Å². The van der Waals surface area contributed by atoms with Gasteiger partial charge in [-0.05, 0) is 50.3 Å². The van der Waals surface area contributed by atoms with Crippen LogP contribution in [0.15, 0.2) is 24.3 Å². The van der Waals surface area contributed by atoms with Crippen LogP contribution >= 0.6 is 0 Å². The summed E-state index contributed by atoms with van der Waals surface area (Å²) in [5.41, 5.74) is 2.19. The lowest BCUT2D eigenvalue weighted by Crippen LogP contribution is -2.53. The monoisotopic (exact) mass is 300 g/mol. The van der Waals surface area contributed by atoms with Crippen molar-refractivity contribution < 1.29 is 4.79 Å². The lowest BCUT2D eigenvalue weighted by Gasteiger charge is -2.39. The van der Waals surface area contributed by atoms with Gasteiger partial charge in [-0.15, -0.1) is 0 Å². The van der Waals surface area contributed by atoms with E-state index < -0.39 is 0 Å². The minimum atomic E-state index is -0.305. The van der Waals surface area contributed by atoms with Crippen molar-refractivity contribution in [1.29, 1.82) is 0 Å². The zero-order valence-electron chi connectivity index (χ0n) is 13.7. The van der Waals surface area contributed by atoms with E-state index in [2.05, 4.69) is 41.8 Å². The van der Waals surface area contributed by atoms with Crippen LogP contribution in [-0.4, -0.2) is 25.0 Å². The smallest absolute Gasteiger partial charge is 0.230 e. The Morgan fingerprint density at radius 2 is 1.95 bits per heavy atom. The fourth-order valence-corrected chi connectivity index (χ4v) is 4.18. The zero-order chi connectivity index (χ0) is 15.4. The maximum atomic E-state index is 13.2. The second-order valence-electron chi connectivity index (χ2n) is 6.97. The number of hydrogen-bond donors (Lipinski definition) is 2. The predicted octanol–water partition coefficient (Wildman–Crippen LogP) is 3.07. The van der Waals surface area contributed by atoms with Crippen LogP contribution in [-0.2, 0) is 10.2 Å². The van der Waals surface area contributed by atoms with Crippen LogP contribution < -0.4 is 10.6 Å². The molecule has 1 aliphatic carbocycles. The van der Waals surface area contributed by atoms with Gasteiger partial charge in [0.25, 0.3) is 0 Å². The van der Waals surface area contributed by atoms with Gasteiger partial charge in [0, 0.05) is 12.6 Å². The maximum absolute atomic E-state index is 13.2. The quantitative estimate of drug-likeness (QED) is 0.901. The maximum Gasteiger partial charge on any atom is 0.230 e. The number of piperidine rings is 1. The Morgan fingerprint density at radius 3 is 2.64 bits per heavy atom. The first kappa shape index (κ1) is 15.5.